The van der Waals surface area contributed by atoms with Gasteiger partial charge in [0.2, 0.25) is 8.16 Å². The Kier molecular flexibility index (Phi) is 6.65. The van der Waals surface area contributed by atoms with Crippen LogP contribution in [0.1, 0.15) is 27.7 Å². The molecule has 0 bridgehead atoms. The average Bonchev–Trinajstić information content (AvgIpc) is 2.31. The number of hydrogen-bond donors (Lipinski definition) is 2. The maximum atomic E-state index is 11.7. The zero-order valence-corrected chi connectivity index (χ0v) is 16.3. The van der Waals surface area contributed by atoms with E-state index in [0.29, 0.717) is 27.7 Å². The summed E-state index contributed by atoms with van der Waals surface area (Å²) in [6, 6.07) is 0. The van der Waals surface area contributed by atoms with Crippen LogP contribution in [-0.4, -0.2) is 64.1 Å². The third-order valence-corrected chi connectivity index (χ3v) is 11.3. The SMILES string of the molecule is CC(C)(S(=O)(=O)O)S(=O)(=O)OCCOS(=O)(=O)C(C)(C)S(=O)(=O)O. The van der Waals surface area contributed by atoms with Crippen molar-refractivity contribution in [3.05, 3.63) is 0 Å². The molecule has 146 valence electrons. The first-order valence-electron chi connectivity index (χ1n) is 5.93. The van der Waals surface area contributed by atoms with E-state index in [9.17, 15) is 33.7 Å². The number of hydrogen-bond acceptors (Lipinski definition) is 10. The molecule has 0 heterocycles. The van der Waals surface area contributed by atoms with Crippen LogP contribution in [0, 0.1) is 0 Å². The van der Waals surface area contributed by atoms with Crippen LogP contribution in [-0.2, 0) is 48.8 Å². The van der Waals surface area contributed by atoms with Crippen LogP contribution in [0.5, 0.6) is 0 Å². The van der Waals surface area contributed by atoms with Gasteiger partial charge >= 0.3 is 0 Å². The molecule has 12 nitrogen and oxygen atoms in total. The lowest BCUT2D eigenvalue weighted by Crippen LogP contribution is -2.43. The van der Waals surface area contributed by atoms with E-state index in [-0.39, 0.29) is 0 Å². The Morgan fingerprint density at radius 1 is 0.625 bits per heavy atom. The summed E-state index contributed by atoms with van der Waals surface area (Å²) >= 11 is 0. The van der Waals surface area contributed by atoms with E-state index in [1.54, 1.807) is 0 Å². The Hall–Kier alpha value is -0.360. The predicted octanol–water partition coefficient (Wildman–Crippen LogP) is -1.07. The molecule has 24 heavy (non-hydrogen) atoms. The molecule has 0 aromatic carbocycles. The van der Waals surface area contributed by atoms with Crippen LogP contribution in [0.15, 0.2) is 0 Å². The summed E-state index contributed by atoms with van der Waals surface area (Å²) in [5.41, 5.74) is 0. The van der Waals surface area contributed by atoms with Crippen molar-refractivity contribution in [3.63, 3.8) is 0 Å². The minimum absolute atomic E-state index is 0.636. The van der Waals surface area contributed by atoms with E-state index < -0.39 is 61.8 Å². The maximum Gasteiger partial charge on any atom is 0.289 e. The van der Waals surface area contributed by atoms with Crippen molar-refractivity contribution in [2.45, 2.75) is 35.9 Å². The molecular weight excluding hydrogens is 416 g/mol. The fourth-order valence-corrected chi connectivity index (χ4v) is 4.32. The lowest BCUT2D eigenvalue weighted by atomic mass is 10.5. The summed E-state index contributed by atoms with van der Waals surface area (Å²) in [4.78, 5) is 0. The van der Waals surface area contributed by atoms with Gasteiger partial charge in [-0.15, -0.1) is 0 Å². The van der Waals surface area contributed by atoms with Gasteiger partial charge in [-0.25, -0.2) is 0 Å². The molecule has 0 unspecified atom stereocenters. The second kappa shape index (κ2) is 6.75. The van der Waals surface area contributed by atoms with Crippen LogP contribution in [0.25, 0.3) is 0 Å². The molecule has 16 heteroatoms. The fraction of sp³-hybridized carbons (Fsp3) is 1.00. The molecule has 0 amide bonds. The van der Waals surface area contributed by atoms with Gasteiger partial charge in [0.05, 0.1) is 13.2 Å². The van der Waals surface area contributed by atoms with Gasteiger partial charge in [0.15, 0.2) is 0 Å². The molecular formula is C8H18O12S4. The van der Waals surface area contributed by atoms with Gasteiger partial charge in [-0.3, -0.25) is 17.5 Å². The van der Waals surface area contributed by atoms with Gasteiger partial charge in [0.25, 0.3) is 40.5 Å². The van der Waals surface area contributed by atoms with Crippen molar-refractivity contribution >= 4 is 40.5 Å². The van der Waals surface area contributed by atoms with Crippen molar-refractivity contribution < 1.29 is 51.1 Å². The lowest BCUT2D eigenvalue weighted by molar-refractivity contribution is 0.218. The zero-order chi connectivity index (χ0) is 19.8. The predicted molar refractivity (Wildman–Crippen MR) is 81.0 cm³/mol. The second-order valence-electron chi connectivity index (χ2n) is 5.30. The zero-order valence-electron chi connectivity index (χ0n) is 13.0. The molecule has 0 fully saturated rings. The summed E-state index contributed by atoms with van der Waals surface area (Å²) in [5, 5.41) is 0. The van der Waals surface area contributed by atoms with Gasteiger partial charge in [-0.1, -0.05) is 0 Å². The minimum atomic E-state index is -5.05. The molecule has 0 aliphatic rings. The van der Waals surface area contributed by atoms with Crippen molar-refractivity contribution in [1.82, 2.24) is 0 Å². The molecule has 0 aliphatic heterocycles. The summed E-state index contributed by atoms with van der Waals surface area (Å²) in [7, 11) is -19.9. The molecule has 0 aromatic rings. The molecule has 0 atom stereocenters. The fourth-order valence-electron chi connectivity index (χ4n) is 0.829. The molecule has 0 radical (unpaired) electrons. The Bertz CT molecular complexity index is 797. The monoisotopic (exact) mass is 434 g/mol. The van der Waals surface area contributed by atoms with E-state index in [0.717, 1.165) is 0 Å². The maximum absolute atomic E-state index is 11.7. The molecule has 0 aliphatic carbocycles. The van der Waals surface area contributed by atoms with Crippen LogP contribution in [0.4, 0.5) is 0 Å². The average molecular weight is 434 g/mol. The Morgan fingerprint density at radius 3 is 1.00 bits per heavy atom. The topological polar surface area (TPSA) is 195 Å². The van der Waals surface area contributed by atoms with E-state index in [1.165, 1.54) is 0 Å². The third-order valence-electron chi connectivity index (χ3n) is 3.01. The first-order valence-corrected chi connectivity index (χ1v) is 11.6. The van der Waals surface area contributed by atoms with Crippen LogP contribution in [0.3, 0.4) is 0 Å². The summed E-state index contributed by atoms with van der Waals surface area (Å²) in [6.45, 7) is 0.547. The minimum Gasteiger partial charge on any atom is -0.284 e. The largest absolute Gasteiger partial charge is 0.289 e. The van der Waals surface area contributed by atoms with Crippen LogP contribution < -0.4 is 0 Å². The first-order chi connectivity index (χ1) is 10.2. The van der Waals surface area contributed by atoms with Crippen molar-refractivity contribution in [2.24, 2.45) is 0 Å². The van der Waals surface area contributed by atoms with Gasteiger partial charge in [-0.05, 0) is 27.7 Å². The van der Waals surface area contributed by atoms with E-state index in [2.05, 4.69) is 8.37 Å². The quantitative estimate of drug-likeness (QED) is 0.253. The van der Waals surface area contributed by atoms with Crippen molar-refractivity contribution in [3.8, 4) is 0 Å². The highest BCUT2D eigenvalue weighted by molar-refractivity contribution is 8.06. The van der Waals surface area contributed by atoms with E-state index in [1.807, 2.05) is 0 Å². The van der Waals surface area contributed by atoms with E-state index >= 15 is 0 Å². The van der Waals surface area contributed by atoms with Gasteiger partial charge in [0.1, 0.15) is 0 Å². The summed E-state index contributed by atoms with van der Waals surface area (Å²) in [5.74, 6) is 0. The Labute approximate surface area is 140 Å². The highest BCUT2D eigenvalue weighted by Crippen LogP contribution is 2.26. The van der Waals surface area contributed by atoms with Crippen molar-refractivity contribution in [2.75, 3.05) is 13.2 Å². The van der Waals surface area contributed by atoms with E-state index in [4.69, 9.17) is 9.11 Å². The Morgan fingerprint density at radius 2 is 0.833 bits per heavy atom. The second-order valence-corrected chi connectivity index (χ2v) is 14.1. The van der Waals surface area contributed by atoms with Gasteiger partial charge in [0, 0.05) is 0 Å². The molecule has 0 spiro atoms. The van der Waals surface area contributed by atoms with Gasteiger partial charge < -0.3 is 0 Å². The molecule has 0 aromatic heterocycles. The van der Waals surface area contributed by atoms with Gasteiger partial charge in [-0.2, -0.15) is 33.7 Å². The highest BCUT2D eigenvalue weighted by atomic mass is 32.3. The standard InChI is InChI=1S/C8H18O12S4/c1-7(2,21(9,10)11)23(15,16)19-5-6-20-24(17,18)8(3,4)22(12,13)14/h5-6H2,1-4H3,(H,9,10,11)(H,12,13,14). The molecule has 2 N–H and O–H groups in total. The van der Waals surface area contributed by atoms with Crippen LogP contribution in [0.2, 0.25) is 0 Å². The summed E-state index contributed by atoms with van der Waals surface area (Å²) in [6.07, 6.45) is 0. The highest BCUT2D eigenvalue weighted by Gasteiger charge is 2.49. The number of rotatable bonds is 9. The first kappa shape index (κ1) is 23.6. The normalized spacial score (nSPS) is 15.4. The summed E-state index contributed by atoms with van der Waals surface area (Å²) < 4.78 is 111. The van der Waals surface area contributed by atoms with Crippen molar-refractivity contribution in [1.29, 1.82) is 0 Å². The third kappa shape index (κ3) is 4.63. The Balaban J connectivity index is 5.07. The smallest absolute Gasteiger partial charge is 0.284 e. The molecule has 0 saturated carbocycles. The molecule has 0 saturated heterocycles. The molecule has 0 rings (SSSR count). The van der Waals surface area contributed by atoms with Crippen LogP contribution >= 0.6 is 0 Å². The lowest BCUT2D eigenvalue weighted by Gasteiger charge is -2.22.